The molecule has 2 aromatic rings. The summed E-state index contributed by atoms with van der Waals surface area (Å²) in [4.78, 5) is 8.24. The Morgan fingerprint density at radius 1 is 1.25 bits per heavy atom. The quantitative estimate of drug-likeness (QED) is 0.616. The Bertz CT molecular complexity index is 621. The number of aromatic nitrogens is 2. The topological polar surface area (TPSA) is 99.7 Å². The molecule has 20 heavy (non-hydrogen) atoms. The Balaban J connectivity index is 1.96. The summed E-state index contributed by atoms with van der Waals surface area (Å²) >= 11 is 0. The van der Waals surface area contributed by atoms with Crippen molar-refractivity contribution in [2.24, 2.45) is 0 Å². The maximum Gasteiger partial charge on any atom is 0.141 e. The Morgan fingerprint density at radius 2 is 2.00 bits per heavy atom. The van der Waals surface area contributed by atoms with E-state index in [1.165, 1.54) is 6.33 Å². The van der Waals surface area contributed by atoms with E-state index in [0.29, 0.717) is 29.0 Å². The lowest BCUT2D eigenvalue weighted by Crippen LogP contribution is -2.51. The summed E-state index contributed by atoms with van der Waals surface area (Å²) < 4.78 is 0. The minimum atomic E-state index is 0.323. The van der Waals surface area contributed by atoms with Gasteiger partial charge >= 0.3 is 0 Å². The zero-order chi connectivity index (χ0) is 13.9. The van der Waals surface area contributed by atoms with Crippen LogP contribution in [0.2, 0.25) is 0 Å². The van der Waals surface area contributed by atoms with Crippen molar-refractivity contribution in [1.82, 2.24) is 15.3 Å². The van der Waals surface area contributed by atoms with Gasteiger partial charge in [0.05, 0.1) is 17.3 Å². The SMILES string of the molecule is N=C(c1ccccc1)c1c(N)ncnc1NC1CNC1. The van der Waals surface area contributed by atoms with Crippen molar-refractivity contribution in [3.8, 4) is 0 Å². The van der Waals surface area contributed by atoms with Crippen molar-refractivity contribution in [2.45, 2.75) is 6.04 Å². The van der Waals surface area contributed by atoms with Gasteiger partial charge in [-0.3, -0.25) is 5.41 Å². The fourth-order valence-electron chi connectivity index (χ4n) is 2.09. The van der Waals surface area contributed by atoms with Crippen LogP contribution in [0.1, 0.15) is 11.1 Å². The Hall–Kier alpha value is -2.47. The highest BCUT2D eigenvalue weighted by molar-refractivity contribution is 6.16. The molecule has 1 fully saturated rings. The Labute approximate surface area is 117 Å². The predicted molar refractivity (Wildman–Crippen MR) is 79.1 cm³/mol. The molecule has 2 heterocycles. The van der Waals surface area contributed by atoms with E-state index in [2.05, 4.69) is 20.6 Å². The molecule has 0 atom stereocenters. The van der Waals surface area contributed by atoms with Crippen molar-refractivity contribution < 1.29 is 0 Å². The Morgan fingerprint density at radius 3 is 2.65 bits per heavy atom. The van der Waals surface area contributed by atoms with Crippen LogP contribution in [-0.2, 0) is 0 Å². The lowest BCUT2D eigenvalue weighted by atomic mass is 10.0. The molecule has 0 spiro atoms. The van der Waals surface area contributed by atoms with Crippen molar-refractivity contribution in [3.63, 3.8) is 0 Å². The lowest BCUT2D eigenvalue weighted by Gasteiger charge is -2.29. The van der Waals surface area contributed by atoms with E-state index in [9.17, 15) is 0 Å². The number of nitrogen functional groups attached to an aromatic ring is 1. The molecule has 6 heteroatoms. The second-order valence-electron chi connectivity index (χ2n) is 4.72. The van der Waals surface area contributed by atoms with Gasteiger partial charge in [-0.1, -0.05) is 30.3 Å². The van der Waals surface area contributed by atoms with Gasteiger partial charge in [-0.05, 0) is 0 Å². The van der Waals surface area contributed by atoms with Crippen LogP contribution in [0.3, 0.4) is 0 Å². The molecule has 0 saturated carbocycles. The third-order valence-corrected chi connectivity index (χ3v) is 3.31. The predicted octanol–water partition coefficient (Wildman–Crippen LogP) is 0.859. The Kier molecular flexibility index (Phi) is 3.30. The molecule has 1 aromatic carbocycles. The smallest absolute Gasteiger partial charge is 0.141 e. The number of anilines is 2. The van der Waals surface area contributed by atoms with Crippen molar-refractivity contribution in [3.05, 3.63) is 47.8 Å². The first-order valence-electron chi connectivity index (χ1n) is 6.48. The summed E-state index contributed by atoms with van der Waals surface area (Å²) in [5, 5.41) is 14.8. The summed E-state index contributed by atoms with van der Waals surface area (Å²) in [5.74, 6) is 0.946. The van der Waals surface area contributed by atoms with Crippen LogP contribution in [0.4, 0.5) is 11.6 Å². The molecule has 0 aliphatic carbocycles. The van der Waals surface area contributed by atoms with Crippen LogP contribution in [0.25, 0.3) is 0 Å². The van der Waals surface area contributed by atoms with Crippen LogP contribution in [0.5, 0.6) is 0 Å². The molecule has 3 rings (SSSR count). The highest BCUT2D eigenvalue weighted by atomic mass is 15.1. The summed E-state index contributed by atoms with van der Waals surface area (Å²) in [6.45, 7) is 1.78. The zero-order valence-electron chi connectivity index (χ0n) is 10.9. The number of nitrogens with two attached hydrogens (primary N) is 1. The molecule has 0 bridgehead atoms. The number of hydrogen-bond acceptors (Lipinski definition) is 6. The molecule has 6 nitrogen and oxygen atoms in total. The third-order valence-electron chi connectivity index (χ3n) is 3.31. The molecular weight excluding hydrogens is 252 g/mol. The largest absolute Gasteiger partial charge is 0.383 e. The molecule has 0 radical (unpaired) electrons. The summed E-state index contributed by atoms with van der Waals surface area (Å²) in [6.07, 6.45) is 1.42. The fraction of sp³-hybridized carbons (Fsp3) is 0.214. The van der Waals surface area contributed by atoms with E-state index >= 15 is 0 Å². The van der Waals surface area contributed by atoms with E-state index in [4.69, 9.17) is 11.1 Å². The van der Waals surface area contributed by atoms with Gasteiger partial charge in [0.25, 0.3) is 0 Å². The number of rotatable bonds is 4. The summed E-state index contributed by atoms with van der Waals surface area (Å²) in [5.41, 5.74) is 7.64. The molecule has 1 aliphatic heterocycles. The van der Waals surface area contributed by atoms with Gasteiger partial charge in [-0.25, -0.2) is 9.97 Å². The van der Waals surface area contributed by atoms with Crippen LogP contribution in [0.15, 0.2) is 36.7 Å². The van der Waals surface area contributed by atoms with Gasteiger partial charge in [-0.15, -0.1) is 0 Å². The lowest BCUT2D eigenvalue weighted by molar-refractivity contribution is 0.471. The van der Waals surface area contributed by atoms with Crippen LogP contribution >= 0.6 is 0 Å². The minimum absolute atomic E-state index is 0.323. The van der Waals surface area contributed by atoms with Gasteiger partial charge in [0.1, 0.15) is 18.0 Å². The maximum atomic E-state index is 8.36. The minimum Gasteiger partial charge on any atom is -0.383 e. The number of hydrogen-bond donors (Lipinski definition) is 4. The third kappa shape index (κ3) is 2.33. The fourth-order valence-corrected chi connectivity index (χ4v) is 2.09. The number of nitrogens with one attached hydrogen (secondary N) is 3. The van der Waals surface area contributed by atoms with Crippen molar-refractivity contribution in [2.75, 3.05) is 24.1 Å². The zero-order valence-corrected chi connectivity index (χ0v) is 10.9. The molecule has 1 saturated heterocycles. The first-order chi connectivity index (χ1) is 9.75. The standard InChI is InChI=1S/C14H16N6/c15-12(9-4-2-1-3-5-9)11-13(16)18-8-19-14(11)20-10-6-17-7-10/h1-5,8,10,15,17H,6-7H2,(H3,16,18,19,20). The average molecular weight is 268 g/mol. The molecule has 5 N–H and O–H groups in total. The van der Waals surface area contributed by atoms with E-state index in [-0.39, 0.29) is 0 Å². The highest BCUT2D eigenvalue weighted by Crippen LogP contribution is 2.22. The summed E-state index contributed by atoms with van der Waals surface area (Å²) in [6, 6.07) is 9.79. The molecule has 1 aliphatic rings. The molecule has 1 aromatic heterocycles. The first kappa shape index (κ1) is 12.6. The van der Waals surface area contributed by atoms with Crippen molar-refractivity contribution in [1.29, 1.82) is 5.41 Å². The normalized spacial score (nSPS) is 14.6. The van der Waals surface area contributed by atoms with Gasteiger partial charge in [-0.2, -0.15) is 0 Å². The van der Waals surface area contributed by atoms with Crippen molar-refractivity contribution >= 4 is 17.3 Å². The van der Waals surface area contributed by atoms with Gasteiger partial charge in [0.15, 0.2) is 0 Å². The van der Waals surface area contributed by atoms with E-state index in [0.717, 1.165) is 18.7 Å². The van der Waals surface area contributed by atoms with Crippen LogP contribution in [0, 0.1) is 5.41 Å². The first-order valence-corrected chi connectivity index (χ1v) is 6.48. The second-order valence-corrected chi connectivity index (χ2v) is 4.72. The molecule has 0 unspecified atom stereocenters. The molecule has 102 valence electrons. The van der Waals surface area contributed by atoms with Crippen LogP contribution in [-0.4, -0.2) is 34.8 Å². The summed E-state index contributed by atoms with van der Waals surface area (Å²) in [7, 11) is 0. The van der Waals surface area contributed by atoms with E-state index in [1.54, 1.807) is 0 Å². The molecule has 0 amide bonds. The number of nitrogens with zero attached hydrogens (tertiary/aromatic N) is 2. The van der Waals surface area contributed by atoms with Gasteiger partial charge in [0.2, 0.25) is 0 Å². The average Bonchev–Trinajstić information content (AvgIpc) is 2.43. The number of benzene rings is 1. The maximum absolute atomic E-state index is 8.36. The van der Waals surface area contributed by atoms with E-state index in [1.807, 2.05) is 30.3 Å². The second kappa shape index (κ2) is 5.26. The highest BCUT2D eigenvalue weighted by Gasteiger charge is 2.21. The van der Waals surface area contributed by atoms with Gasteiger partial charge < -0.3 is 16.4 Å². The van der Waals surface area contributed by atoms with Crippen LogP contribution < -0.4 is 16.4 Å². The van der Waals surface area contributed by atoms with E-state index < -0.39 is 0 Å². The molecular formula is C14H16N6. The van der Waals surface area contributed by atoms with Gasteiger partial charge in [0, 0.05) is 18.7 Å². The monoisotopic (exact) mass is 268 g/mol.